The molecule has 0 saturated heterocycles. The molecule has 0 aliphatic carbocycles. The van der Waals surface area contributed by atoms with Crippen LogP contribution in [0.2, 0.25) is 0 Å². The number of likely N-dealkylation sites (N-methyl/N-ethyl adjacent to an activating group) is 2. The van der Waals surface area contributed by atoms with Crippen LogP contribution in [0.15, 0.2) is 101 Å². The molecule has 0 amide bonds. The first-order chi connectivity index (χ1) is 17.9. The fourth-order valence-corrected chi connectivity index (χ4v) is 4.55. The van der Waals surface area contributed by atoms with Crippen molar-refractivity contribution in [2.24, 2.45) is 0 Å². The largest absolute Gasteiger partial charge is 0.478 e. The molecular weight excluding hydrogens is 467 g/mol. The van der Waals surface area contributed by atoms with Crippen LogP contribution in [0.5, 0.6) is 0 Å². The van der Waals surface area contributed by atoms with E-state index in [2.05, 4.69) is 29.0 Å². The van der Waals surface area contributed by atoms with E-state index in [1.807, 2.05) is 67.7 Å². The van der Waals surface area contributed by atoms with Crippen molar-refractivity contribution in [1.29, 1.82) is 0 Å². The summed E-state index contributed by atoms with van der Waals surface area (Å²) in [5.41, 5.74) is 4.99. The zero-order valence-corrected chi connectivity index (χ0v) is 20.7. The van der Waals surface area contributed by atoms with Gasteiger partial charge in [-0.25, -0.2) is 9.18 Å². The van der Waals surface area contributed by atoms with Gasteiger partial charge >= 0.3 is 5.97 Å². The number of anilines is 2. The molecule has 5 aromatic rings. The smallest absolute Gasteiger partial charge is 0.340 e. The lowest BCUT2D eigenvalue weighted by atomic mass is 9.98. The van der Waals surface area contributed by atoms with Crippen LogP contribution in [0.3, 0.4) is 0 Å². The SMILES string of the molecule is CN(CCN(C)c1cc2oc(-c3ccc(F)cc3)c(C(=O)O)c2cc1-c1ccccc1)c1ccccc1. The van der Waals surface area contributed by atoms with Crippen LogP contribution in [-0.2, 0) is 0 Å². The van der Waals surface area contributed by atoms with Crippen LogP contribution in [-0.4, -0.2) is 38.3 Å². The Kier molecular flexibility index (Phi) is 6.64. The Bertz CT molecular complexity index is 1530. The molecule has 6 heteroatoms. The molecule has 1 heterocycles. The van der Waals surface area contributed by atoms with Crippen molar-refractivity contribution < 1.29 is 18.7 Å². The number of fused-ring (bicyclic) bond motifs is 1. The summed E-state index contributed by atoms with van der Waals surface area (Å²) in [6.45, 7) is 1.51. The average Bonchev–Trinajstić information content (AvgIpc) is 3.31. The third-order valence-corrected chi connectivity index (χ3v) is 6.59. The Morgan fingerprint density at radius 2 is 1.43 bits per heavy atom. The van der Waals surface area contributed by atoms with Gasteiger partial charge in [-0.05, 0) is 48.0 Å². The van der Waals surface area contributed by atoms with E-state index in [4.69, 9.17) is 4.42 Å². The van der Waals surface area contributed by atoms with Gasteiger partial charge in [-0.2, -0.15) is 0 Å². The lowest BCUT2D eigenvalue weighted by molar-refractivity contribution is 0.0699. The fraction of sp³-hybridized carbons (Fsp3) is 0.129. The number of hydrogen-bond acceptors (Lipinski definition) is 4. The third-order valence-electron chi connectivity index (χ3n) is 6.59. The van der Waals surface area contributed by atoms with Gasteiger partial charge in [0.2, 0.25) is 0 Å². The number of carboxylic acid groups (broad SMARTS) is 1. The van der Waals surface area contributed by atoms with Crippen LogP contribution in [0, 0.1) is 5.82 Å². The summed E-state index contributed by atoms with van der Waals surface area (Å²) in [6, 6.07) is 29.5. The number of benzene rings is 4. The zero-order chi connectivity index (χ0) is 25.9. The maximum Gasteiger partial charge on any atom is 0.340 e. The summed E-state index contributed by atoms with van der Waals surface area (Å²) in [5.74, 6) is -1.28. The second-order valence-corrected chi connectivity index (χ2v) is 9.03. The van der Waals surface area contributed by atoms with Crippen LogP contribution in [0.1, 0.15) is 10.4 Å². The average molecular weight is 495 g/mol. The molecule has 0 unspecified atom stereocenters. The van der Waals surface area contributed by atoms with Crippen LogP contribution < -0.4 is 9.80 Å². The highest BCUT2D eigenvalue weighted by atomic mass is 19.1. The number of aromatic carboxylic acids is 1. The molecule has 4 aromatic carbocycles. The molecule has 5 rings (SSSR count). The molecule has 0 saturated carbocycles. The minimum absolute atomic E-state index is 0.0665. The van der Waals surface area contributed by atoms with Crippen molar-refractivity contribution in [3.05, 3.63) is 108 Å². The molecule has 0 aliphatic heterocycles. The molecule has 1 N–H and O–H groups in total. The zero-order valence-electron chi connectivity index (χ0n) is 20.7. The van der Waals surface area contributed by atoms with Crippen LogP contribution in [0.4, 0.5) is 15.8 Å². The van der Waals surface area contributed by atoms with Gasteiger partial charge in [-0.15, -0.1) is 0 Å². The minimum atomic E-state index is -1.09. The predicted molar refractivity (Wildman–Crippen MR) is 147 cm³/mol. The van der Waals surface area contributed by atoms with E-state index in [-0.39, 0.29) is 11.3 Å². The van der Waals surface area contributed by atoms with Gasteiger partial charge in [0.05, 0.1) is 0 Å². The number of hydrogen-bond donors (Lipinski definition) is 1. The lowest BCUT2D eigenvalue weighted by Gasteiger charge is -2.27. The molecule has 0 atom stereocenters. The number of rotatable bonds is 8. The summed E-state index contributed by atoms with van der Waals surface area (Å²) < 4.78 is 19.7. The summed E-state index contributed by atoms with van der Waals surface area (Å²) in [4.78, 5) is 16.7. The van der Waals surface area contributed by atoms with E-state index >= 15 is 0 Å². The van der Waals surface area contributed by atoms with Crippen LogP contribution in [0.25, 0.3) is 33.4 Å². The standard InChI is InChI=1S/C31H27FN2O3/c1-33(24-11-7-4-8-12-24)17-18-34(2)27-20-28-26(19-25(27)21-9-5-3-6-10-21)29(31(35)36)30(37-28)22-13-15-23(32)16-14-22/h3-16,19-20H,17-18H2,1-2H3,(H,35,36). The molecule has 0 radical (unpaired) electrons. The number of nitrogens with zero attached hydrogens (tertiary/aromatic N) is 2. The van der Waals surface area contributed by atoms with Crippen molar-refractivity contribution in [1.82, 2.24) is 0 Å². The summed E-state index contributed by atoms with van der Waals surface area (Å²) in [6.07, 6.45) is 0. The van der Waals surface area contributed by atoms with Crippen molar-refractivity contribution >= 4 is 28.3 Å². The maximum atomic E-state index is 13.5. The van der Waals surface area contributed by atoms with Gasteiger partial charge in [0, 0.05) is 61.1 Å². The van der Waals surface area contributed by atoms with Gasteiger partial charge in [0.1, 0.15) is 22.7 Å². The van der Waals surface area contributed by atoms with E-state index in [0.29, 0.717) is 16.5 Å². The van der Waals surface area contributed by atoms with Gasteiger partial charge in [0.15, 0.2) is 0 Å². The summed E-state index contributed by atoms with van der Waals surface area (Å²) >= 11 is 0. The Hall–Kier alpha value is -4.58. The Labute approximate surface area is 215 Å². The summed E-state index contributed by atoms with van der Waals surface area (Å²) in [7, 11) is 4.08. The molecule has 1 aromatic heterocycles. The maximum absolute atomic E-state index is 13.5. The van der Waals surface area contributed by atoms with Gasteiger partial charge < -0.3 is 19.3 Å². The second kappa shape index (κ2) is 10.2. The molecule has 0 aliphatic rings. The Morgan fingerprint density at radius 3 is 2.08 bits per heavy atom. The Balaban J connectivity index is 1.60. The van der Waals surface area contributed by atoms with E-state index in [0.717, 1.165) is 35.6 Å². The highest BCUT2D eigenvalue weighted by Crippen LogP contribution is 2.40. The van der Waals surface area contributed by atoms with Crippen molar-refractivity contribution in [2.45, 2.75) is 0 Å². The monoisotopic (exact) mass is 494 g/mol. The van der Waals surface area contributed by atoms with Crippen molar-refractivity contribution in [3.8, 4) is 22.5 Å². The molecule has 186 valence electrons. The quantitative estimate of drug-likeness (QED) is 0.248. The van der Waals surface area contributed by atoms with Crippen molar-refractivity contribution in [2.75, 3.05) is 37.0 Å². The number of carbonyl (C=O) groups is 1. The molecular formula is C31H27FN2O3. The van der Waals surface area contributed by atoms with Crippen LogP contribution >= 0.6 is 0 Å². The van der Waals surface area contributed by atoms with Gasteiger partial charge in [0.25, 0.3) is 0 Å². The van der Waals surface area contributed by atoms with E-state index in [1.54, 1.807) is 0 Å². The van der Waals surface area contributed by atoms with Crippen molar-refractivity contribution in [3.63, 3.8) is 0 Å². The first-order valence-corrected chi connectivity index (χ1v) is 12.0. The second-order valence-electron chi connectivity index (χ2n) is 9.03. The first kappa shape index (κ1) is 24.1. The topological polar surface area (TPSA) is 56.9 Å². The highest BCUT2D eigenvalue weighted by molar-refractivity contribution is 6.10. The Morgan fingerprint density at radius 1 is 0.811 bits per heavy atom. The normalized spacial score (nSPS) is 11.0. The predicted octanol–water partition coefficient (Wildman–Crippen LogP) is 7.18. The van der Waals surface area contributed by atoms with E-state index in [9.17, 15) is 14.3 Å². The number of carboxylic acids is 1. The molecule has 0 spiro atoms. The van der Waals surface area contributed by atoms with Gasteiger partial charge in [-0.1, -0.05) is 48.5 Å². The lowest BCUT2D eigenvalue weighted by Crippen LogP contribution is -2.30. The van der Waals surface area contributed by atoms with Gasteiger partial charge in [-0.3, -0.25) is 0 Å². The number of halogens is 1. The highest BCUT2D eigenvalue weighted by Gasteiger charge is 2.24. The number of furan rings is 1. The first-order valence-electron chi connectivity index (χ1n) is 12.0. The fourth-order valence-electron chi connectivity index (χ4n) is 4.55. The molecule has 0 bridgehead atoms. The third kappa shape index (κ3) is 4.91. The van der Waals surface area contributed by atoms with E-state index < -0.39 is 11.8 Å². The molecule has 0 fully saturated rings. The molecule has 37 heavy (non-hydrogen) atoms. The number of para-hydroxylation sites is 1. The molecule has 5 nitrogen and oxygen atoms in total. The minimum Gasteiger partial charge on any atom is -0.478 e. The summed E-state index contributed by atoms with van der Waals surface area (Å²) in [5, 5.41) is 10.6. The van der Waals surface area contributed by atoms with E-state index in [1.165, 1.54) is 24.3 Å².